The molecule has 2 unspecified atom stereocenters. The molecule has 4 heterocycles. The van der Waals surface area contributed by atoms with Crippen molar-refractivity contribution in [1.29, 1.82) is 0 Å². The van der Waals surface area contributed by atoms with Gasteiger partial charge in [-0.2, -0.15) is 0 Å². The largest absolute Gasteiger partial charge is 0.487 e. The van der Waals surface area contributed by atoms with Crippen molar-refractivity contribution >= 4 is 21.6 Å². The molecule has 1 fully saturated rings. The first-order chi connectivity index (χ1) is 13.1. The Kier molecular flexibility index (Phi) is 3.98. The second kappa shape index (κ2) is 6.38. The summed E-state index contributed by atoms with van der Waals surface area (Å²) in [6.45, 7) is -0.739. The quantitative estimate of drug-likeness (QED) is 0.662. The van der Waals surface area contributed by atoms with E-state index in [1.807, 2.05) is 0 Å². The SMILES string of the molecule is O=c1oc(-c2ccccc2OCC(F)F)nc2sc3c(c12)CC1CCC3O1. The fraction of sp³-hybridized carbons (Fsp3) is 0.368. The van der Waals surface area contributed by atoms with Crippen LogP contribution < -0.4 is 10.4 Å². The van der Waals surface area contributed by atoms with Crippen LogP contribution in [0.1, 0.15) is 29.4 Å². The number of hydrogen-bond donors (Lipinski definition) is 0. The standard InChI is InChI=1S/C19H15F2NO4S/c20-14(21)8-24-12-4-2-1-3-10(12)17-22-18-15(19(23)26-17)11-7-9-5-6-13(25-9)16(11)27-18/h1-4,9,13-14H,5-8H2. The average Bonchev–Trinajstić information content (AvgIpc) is 3.23. The molecular weight excluding hydrogens is 376 g/mol. The minimum absolute atomic E-state index is 0.0301. The van der Waals surface area contributed by atoms with E-state index in [0.29, 0.717) is 22.2 Å². The van der Waals surface area contributed by atoms with Gasteiger partial charge in [0, 0.05) is 11.3 Å². The summed E-state index contributed by atoms with van der Waals surface area (Å²) < 4.78 is 41.6. The highest BCUT2D eigenvalue weighted by Gasteiger charge is 2.37. The van der Waals surface area contributed by atoms with Crippen molar-refractivity contribution in [3.05, 3.63) is 45.1 Å². The third-order valence-corrected chi connectivity index (χ3v) is 6.15. The van der Waals surface area contributed by atoms with E-state index in [1.54, 1.807) is 24.3 Å². The third kappa shape index (κ3) is 2.83. The predicted molar refractivity (Wildman–Crippen MR) is 95.6 cm³/mol. The number of ether oxygens (including phenoxy) is 2. The van der Waals surface area contributed by atoms with E-state index in [4.69, 9.17) is 13.9 Å². The van der Waals surface area contributed by atoms with Crippen LogP contribution >= 0.6 is 11.3 Å². The highest BCUT2D eigenvalue weighted by molar-refractivity contribution is 7.18. The van der Waals surface area contributed by atoms with Crippen LogP contribution in [0, 0.1) is 0 Å². The van der Waals surface area contributed by atoms with Gasteiger partial charge < -0.3 is 13.9 Å². The zero-order valence-corrected chi connectivity index (χ0v) is 14.9. The van der Waals surface area contributed by atoms with E-state index < -0.39 is 18.7 Å². The van der Waals surface area contributed by atoms with Crippen LogP contribution in [0.25, 0.3) is 21.7 Å². The average molecular weight is 391 g/mol. The van der Waals surface area contributed by atoms with Crippen molar-refractivity contribution in [3.8, 4) is 17.2 Å². The molecular formula is C19H15F2NO4S. The number of fused-ring (bicyclic) bond motifs is 6. The Labute approximate surface area is 156 Å². The Bertz CT molecular complexity index is 1080. The van der Waals surface area contributed by atoms with Crippen molar-refractivity contribution in [2.75, 3.05) is 6.61 Å². The van der Waals surface area contributed by atoms with Crippen LogP contribution in [0.2, 0.25) is 0 Å². The number of aromatic nitrogens is 1. The first-order valence-corrected chi connectivity index (χ1v) is 9.54. The van der Waals surface area contributed by atoms with E-state index >= 15 is 0 Å². The molecule has 0 aliphatic carbocycles. The summed E-state index contributed by atoms with van der Waals surface area (Å²) in [7, 11) is 0. The Hall–Kier alpha value is -2.32. The molecule has 0 N–H and O–H groups in total. The molecule has 2 bridgehead atoms. The van der Waals surface area contributed by atoms with Gasteiger partial charge in [-0.05, 0) is 30.5 Å². The maximum absolute atomic E-state index is 12.7. The summed E-state index contributed by atoms with van der Waals surface area (Å²) in [6.07, 6.45) is 0.239. The van der Waals surface area contributed by atoms with Gasteiger partial charge in [0.05, 0.1) is 17.8 Å². The van der Waals surface area contributed by atoms with Crippen LogP contribution in [-0.2, 0) is 11.2 Å². The number of benzene rings is 1. The molecule has 3 aromatic rings. The molecule has 2 aliphatic rings. The second-order valence-corrected chi connectivity index (χ2v) is 7.69. The topological polar surface area (TPSA) is 61.6 Å². The molecule has 0 spiro atoms. The Morgan fingerprint density at radius 2 is 2.15 bits per heavy atom. The number of alkyl halides is 2. The first-order valence-electron chi connectivity index (χ1n) is 8.72. The van der Waals surface area contributed by atoms with Gasteiger partial charge in [0.2, 0.25) is 5.89 Å². The lowest BCUT2D eigenvalue weighted by molar-refractivity contribution is 0.0354. The van der Waals surface area contributed by atoms with Gasteiger partial charge in [-0.25, -0.2) is 18.6 Å². The normalized spacial score (nSPS) is 21.0. The van der Waals surface area contributed by atoms with Crippen molar-refractivity contribution in [3.63, 3.8) is 0 Å². The lowest BCUT2D eigenvalue weighted by Gasteiger charge is -2.20. The van der Waals surface area contributed by atoms with Crippen LogP contribution in [0.15, 0.2) is 33.5 Å². The minimum Gasteiger partial charge on any atom is -0.487 e. The number of thiophene rings is 1. The minimum atomic E-state index is -2.60. The summed E-state index contributed by atoms with van der Waals surface area (Å²) in [6, 6.07) is 6.56. The zero-order chi connectivity index (χ0) is 18.5. The van der Waals surface area contributed by atoms with Crippen LogP contribution in [-0.4, -0.2) is 24.1 Å². The number of nitrogens with zero attached hydrogens (tertiary/aromatic N) is 1. The van der Waals surface area contributed by atoms with Gasteiger partial charge >= 0.3 is 5.63 Å². The summed E-state index contributed by atoms with van der Waals surface area (Å²) >= 11 is 1.45. The monoisotopic (exact) mass is 391 g/mol. The maximum atomic E-state index is 12.7. The molecule has 0 saturated carbocycles. The van der Waals surface area contributed by atoms with Gasteiger partial charge in [-0.15, -0.1) is 11.3 Å². The van der Waals surface area contributed by atoms with E-state index in [2.05, 4.69) is 4.98 Å². The second-order valence-electron chi connectivity index (χ2n) is 6.66. The van der Waals surface area contributed by atoms with Crippen molar-refractivity contribution < 1.29 is 22.7 Å². The van der Waals surface area contributed by atoms with Gasteiger partial charge in [0.1, 0.15) is 22.6 Å². The van der Waals surface area contributed by atoms with E-state index in [0.717, 1.165) is 23.3 Å². The van der Waals surface area contributed by atoms with Crippen molar-refractivity contribution in [1.82, 2.24) is 4.98 Å². The van der Waals surface area contributed by atoms with E-state index in [9.17, 15) is 13.6 Å². The fourth-order valence-electron chi connectivity index (χ4n) is 3.79. The molecule has 27 heavy (non-hydrogen) atoms. The number of rotatable bonds is 4. The summed E-state index contributed by atoms with van der Waals surface area (Å²) in [5, 5.41) is 0.518. The lowest BCUT2D eigenvalue weighted by atomic mass is 10.0. The van der Waals surface area contributed by atoms with Gasteiger partial charge in [-0.3, -0.25) is 0 Å². The van der Waals surface area contributed by atoms with Crippen LogP contribution in [0.5, 0.6) is 5.75 Å². The Morgan fingerprint density at radius 1 is 1.30 bits per heavy atom. The number of para-hydroxylation sites is 1. The molecule has 2 aromatic heterocycles. The third-order valence-electron chi connectivity index (χ3n) is 4.93. The van der Waals surface area contributed by atoms with Crippen molar-refractivity contribution in [2.24, 2.45) is 0 Å². The van der Waals surface area contributed by atoms with E-state index in [-0.39, 0.29) is 23.8 Å². The van der Waals surface area contributed by atoms with Gasteiger partial charge in [0.15, 0.2) is 0 Å². The zero-order valence-electron chi connectivity index (χ0n) is 14.1. The Morgan fingerprint density at radius 3 is 3.00 bits per heavy atom. The molecule has 140 valence electrons. The van der Waals surface area contributed by atoms with Gasteiger partial charge in [0.25, 0.3) is 6.43 Å². The van der Waals surface area contributed by atoms with E-state index in [1.165, 1.54) is 11.3 Å². The molecule has 1 saturated heterocycles. The smallest absolute Gasteiger partial charge is 0.348 e. The summed E-state index contributed by atoms with van der Waals surface area (Å²) in [4.78, 5) is 18.9. The van der Waals surface area contributed by atoms with Gasteiger partial charge in [-0.1, -0.05) is 12.1 Å². The number of hydrogen-bond acceptors (Lipinski definition) is 6. The van der Waals surface area contributed by atoms with Crippen LogP contribution in [0.4, 0.5) is 8.78 Å². The van der Waals surface area contributed by atoms with Crippen LogP contribution in [0.3, 0.4) is 0 Å². The Balaban J connectivity index is 1.62. The maximum Gasteiger partial charge on any atom is 0.348 e. The molecule has 8 heteroatoms. The highest BCUT2D eigenvalue weighted by atomic mass is 32.1. The molecule has 0 radical (unpaired) electrons. The molecule has 2 atom stereocenters. The molecule has 0 amide bonds. The lowest BCUT2D eigenvalue weighted by Crippen LogP contribution is -2.17. The summed E-state index contributed by atoms with van der Waals surface area (Å²) in [5.41, 5.74) is 0.905. The van der Waals surface area contributed by atoms with Crippen molar-refractivity contribution in [2.45, 2.75) is 37.9 Å². The molecule has 2 aliphatic heterocycles. The first kappa shape index (κ1) is 16.8. The number of halogens is 2. The fourth-order valence-corrected chi connectivity index (χ4v) is 5.05. The molecule has 1 aromatic carbocycles. The summed E-state index contributed by atoms with van der Waals surface area (Å²) in [5.74, 6) is 0.276. The highest BCUT2D eigenvalue weighted by Crippen LogP contribution is 2.47. The molecule has 5 nitrogen and oxygen atoms in total. The predicted octanol–water partition coefficient (Wildman–Crippen LogP) is 4.34. The molecule has 5 rings (SSSR count).